The van der Waals surface area contributed by atoms with Crippen molar-refractivity contribution >= 4 is 39.3 Å². The summed E-state index contributed by atoms with van der Waals surface area (Å²) in [6.07, 6.45) is 3.64. The standard InChI is InChI=1S/C16H14BrN3O2S/c1-20-8-7-18-16(20)23-10-13-5-6-14(22-13)15(21)19-12-4-2-3-11(17)9-12/h2-9H,10H2,1H3,(H,19,21). The Morgan fingerprint density at radius 3 is 3.00 bits per heavy atom. The molecule has 3 rings (SSSR count). The van der Waals surface area contributed by atoms with E-state index in [-0.39, 0.29) is 5.91 Å². The number of carbonyl (C=O) groups excluding carboxylic acids is 1. The van der Waals surface area contributed by atoms with E-state index < -0.39 is 0 Å². The second-order valence-corrected chi connectivity index (χ2v) is 6.70. The molecule has 1 amide bonds. The van der Waals surface area contributed by atoms with Gasteiger partial charge in [0, 0.05) is 29.6 Å². The summed E-state index contributed by atoms with van der Waals surface area (Å²) in [5, 5.41) is 3.71. The minimum atomic E-state index is -0.267. The summed E-state index contributed by atoms with van der Waals surface area (Å²) in [4.78, 5) is 16.4. The van der Waals surface area contributed by atoms with Gasteiger partial charge in [0.1, 0.15) is 5.76 Å². The van der Waals surface area contributed by atoms with Crippen LogP contribution in [0.2, 0.25) is 0 Å². The van der Waals surface area contributed by atoms with E-state index in [1.165, 1.54) is 0 Å². The first-order valence-corrected chi connectivity index (χ1v) is 8.65. The fourth-order valence-corrected chi connectivity index (χ4v) is 3.19. The van der Waals surface area contributed by atoms with Crippen LogP contribution in [0.25, 0.3) is 0 Å². The quantitative estimate of drug-likeness (QED) is 0.657. The molecule has 3 aromatic rings. The van der Waals surface area contributed by atoms with Gasteiger partial charge in [-0.25, -0.2) is 4.98 Å². The molecule has 0 bridgehead atoms. The molecule has 7 heteroatoms. The van der Waals surface area contributed by atoms with Gasteiger partial charge in [0.05, 0.1) is 5.75 Å². The summed E-state index contributed by atoms with van der Waals surface area (Å²) < 4.78 is 8.45. The Kier molecular flexibility index (Phi) is 4.88. The lowest BCUT2D eigenvalue weighted by molar-refractivity contribution is 0.0995. The molecule has 1 aromatic carbocycles. The van der Waals surface area contributed by atoms with Crippen LogP contribution in [0.5, 0.6) is 0 Å². The number of hydrogen-bond acceptors (Lipinski definition) is 4. The summed E-state index contributed by atoms with van der Waals surface area (Å²) in [7, 11) is 1.94. The number of imidazole rings is 1. The maximum absolute atomic E-state index is 12.2. The average molecular weight is 392 g/mol. The van der Waals surface area contributed by atoms with E-state index in [0.717, 1.165) is 15.4 Å². The van der Waals surface area contributed by atoms with Crippen LogP contribution in [0.3, 0.4) is 0 Å². The van der Waals surface area contributed by atoms with Crippen molar-refractivity contribution in [3.8, 4) is 0 Å². The van der Waals surface area contributed by atoms with Gasteiger partial charge in [0.25, 0.3) is 5.91 Å². The molecule has 0 aliphatic heterocycles. The lowest BCUT2D eigenvalue weighted by atomic mass is 10.3. The van der Waals surface area contributed by atoms with Crippen molar-refractivity contribution in [2.75, 3.05) is 5.32 Å². The number of thioether (sulfide) groups is 1. The van der Waals surface area contributed by atoms with Crippen molar-refractivity contribution in [3.05, 3.63) is 64.8 Å². The van der Waals surface area contributed by atoms with Crippen LogP contribution in [-0.2, 0) is 12.8 Å². The number of amides is 1. The Morgan fingerprint density at radius 1 is 1.39 bits per heavy atom. The van der Waals surface area contributed by atoms with Crippen LogP contribution in [0.4, 0.5) is 5.69 Å². The number of furan rings is 1. The number of hydrogen-bond donors (Lipinski definition) is 1. The van der Waals surface area contributed by atoms with Gasteiger partial charge in [-0.1, -0.05) is 33.8 Å². The first-order chi connectivity index (χ1) is 11.1. The average Bonchev–Trinajstić information content (AvgIpc) is 3.14. The van der Waals surface area contributed by atoms with Crippen LogP contribution < -0.4 is 5.32 Å². The molecule has 2 heterocycles. The smallest absolute Gasteiger partial charge is 0.291 e. The molecule has 2 aromatic heterocycles. The molecule has 0 unspecified atom stereocenters. The van der Waals surface area contributed by atoms with Crippen LogP contribution in [0.1, 0.15) is 16.3 Å². The summed E-state index contributed by atoms with van der Waals surface area (Å²) in [6, 6.07) is 10.9. The van der Waals surface area contributed by atoms with Crippen molar-refractivity contribution in [1.29, 1.82) is 0 Å². The number of carbonyl (C=O) groups is 1. The van der Waals surface area contributed by atoms with E-state index in [0.29, 0.717) is 17.2 Å². The third kappa shape index (κ3) is 4.05. The van der Waals surface area contributed by atoms with Gasteiger partial charge >= 0.3 is 0 Å². The van der Waals surface area contributed by atoms with Crippen LogP contribution in [-0.4, -0.2) is 15.5 Å². The van der Waals surface area contributed by atoms with E-state index in [1.807, 2.05) is 48.1 Å². The molecule has 0 saturated carbocycles. The predicted molar refractivity (Wildman–Crippen MR) is 93.6 cm³/mol. The number of benzene rings is 1. The van der Waals surface area contributed by atoms with Crippen molar-refractivity contribution in [3.63, 3.8) is 0 Å². The Balaban J connectivity index is 1.62. The van der Waals surface area contributed by atoms with E-state index in [9.17, 15) is 4.79 Å². The van der Waals surface area contributed by atoms with Crippen molar-refractivity contribution in [2.24, 2.45) is 7.05 Å². The van der Waals surface area contributed by atoms with Crippen molar-refractivity contribution in [1.82, 2.24) is 9.55 Å². The number of anilines is 1. The van der Waals surface area contributed by atoms with Crippen LogP contribution >= 0.6 is 27.7 Å². The maximum Gasteiger partial charge on any atom is 0.291 e. The maximum atomic E-state index is 12.2. The first kappa shape index (κ1) is 15.9. The highest BCUT2D eigenvalue weighted by atomic mass is 79.9. The second-order valence-electron chi connectivity index (χ2n) is 4.84. The summed E-state index contributed by atoms with van der Waals surface area (Å²) >= 11 is 4.93. The third-order valence-electron chi connectivity index (χ3n) is 3.09. The number of rotatable bonds is 5. The van der Waals surface area contributed by atoms with Gasteiger partial charge in [0.15, 0.2) is 10.9 Å². The number of halogens is 1. The Labute approximate surface area is 146 Å². The minimum Gasteiger partial charge on any atom is -0.455 e. The molecule has 23 heavy (non-hydrogen) atoms. The highest BCUT2D eigenvalue weighted by molar-refractivity contribution is 9.10. The largest absolute Gasteiger partial charge is 0.455 e. The molecule has 0 saturated heterocycles. The monoisotopic (exact) mass is 391 g/mol. The molecule has 5 nitrogen and oxygen atoms in total. The number of nitrogens with one attached hydrogen (secondary N) is 1. The van der Waals surface area contributed by atoms with Crippen molar-refractivity contribution in [2.45, 2.75) is 10.9 Å². The fraction of sp³-hybridized carbons (Fsp3) is 0.125. The minimum absolute atomic E-state index is 0.267. The van der Waals surface area contributed by atoms with E-state index in [4.69, 9.17) is 4.42 Å². The zero-order valence-corrected chi connectivity index (χ0v) is 14.7. The zero-order chi connectivity index (χ0) is 16.2. The van der Waals surface area contributed by atoms with Crippen molar-refractivity contribution < 1.29 is 9.21 Å². The molecule has 0 atom stereocenters. The van der Waals surface area contributed by atoms with Gasteiger partial charge in [-0.15, -0.1) is 0 Å². The number of nitrogens with zero attached hydrogens (tertiary/aromatic N) is 2. The zero-order valence-electron chi connectivity index (χ0n) is 12.3. The SMILES string of the molecule is Cn1ccnc1SCc1ccc(C(=O)Nc2cccc(Br)c2)o1. The topological polar surface area (TPSA) is 60.1 Å². The van der Waals surface area contributed by atoms with E-state index in [1.54, 1.807) is 24.0 Å². The van der Waals surface area contributed by atoms with Gasteiger partial charge in [-0.3, -0.25) is 4.79 Å². The van der Waals surface area contributed by atoms with E-state index in [2.05, 4.69) is 26.2 Å². The Morgan fingerprint density at radius 2 is 2.26 bits per heavy atom. The molecule has 1 N–H and O–H groups in total. The summed E-state index contributed by atoms with van der Waals surface area (Å²) in [5.74, 6) is 1.38. The molecule has 0 spiro atoms. The third-order valence-corrected chi connectivity index (χ3v) is 4.66. The van der Waals surface area contributed by atoms with E-state index >= 15 is 0 Å². The van der Waals surface area contributed by atoms with Gasteiger partial charge < -0.3 is 14.3 Å². The molecule has 118 valence electrons. The fourth-order valence-electron chi connectivity index (χ4n) is 1.96. The lowest BCUT2D eigenvalue weighted by Crippen LogP contribution is -2.10. The van der Waals surface area contributed by atoms with Gasteiger partial charge in [0.2, 0.25) is 0 Å². The number of aryl methyl sites for hydroxylation is 1. The lowest BCUT2D eigenvalue weighted by Gasteiger charge is -2.03. The van der Waals surface area contributed by atoms with Crippen LogP contribution in [0, 0.1) is 0 Å². The molecule has 0 fully saturated rings. The number of aromatic nitrogens is 2. The van der Waals surface area contributed by atoms with Crippen LogP contribution in [0.15, 0.2) is 62.8 Å². The molecule has 0 aliphatic rings. The van der Waals surface area contributed by atoms with Gasteiger partial charge in [-0.2, -0.15) is 0 Å². The Bertz CT molecular complexity index is 828. The highest BCUT2D eigenvalue weighted by Gasteiger charge is 2.12. The molecular formula is C16H14BrN3O2S. The normalized spacial score (nSPS) is 10.7. The van der Waals surface area contributed by atoms with Gasteiger partial charge in [-0.05, 0) is 30.3 Å². The summed E-state index contributed by atoms with van der Waals surface area (Å²) in [5.41, 5.74) is 0.713. The molecule has 0 radical (unpaired) electrons. The highest BCUT2D eigenvalue weighted by Crippen LogP contribution is 2.22. The first-order valence-electron chi connectivity index (χ1n) is 6.87. The molecule has 0 aliphatic carbocycles. The predicted octanol–water partition coefficient (Wildman–Crippen LogP) is 4.32. The Hall–Kier alpha value is -1.99. The summed E-state index contributed by atoms with van der Waals surface area (Å²) in [6.45, 7) is 0. The molecular weight excluding hydrogens is 378 g/mol. The second kappa shape index (κ2) is 7.06.